The molecular weight excluding hydrogens is 338 g/mol. The molecule has 0 spiro atoms. The number of nitrogens with zero attached hydrogens (tertiary/aromatic N) is 1. The monoisotopic (exact) mass is 359 g/mol. The van der Waals surface area contributed by atoms with Crippen LogP contribution in [0.15, 0.2) is 77.8 Å². The zero-order valence-electron chi connectivity index (χ0n) is 15.6. The van der Waals surface area contributed by atoms with E-state index in [1.165, 1.54) is 7.11 Å². The van der Waals surface area contributed by atoms with Crippen molar-refractivity contribution in [2.45, 2.75) is 13.8 Å². The Morgan fingerprint density at radius 2 is 1.41 bits per heavy atom. The number of ether oxygens (including phenoxy) is 2. The van der Waals surface area contributed by atoms with E-state index in [1.807, 2.05) is 62.4 Å². The van der Waals surface area contributed by atoms with E-state index in [4.69, 9.17) is 14.5 Å². The second kappa shape index (κ2) is 8.32. The minimum absolute atomic E-state index is 0.381. The molecule has 3 rings (SSSR count). The van der Waals surface area contributed by atoms with Gasteiger partial charge in [0.25, 0.3) is 0 Å². The van der Waals surface area contributed by atoms with E-state index >= 15 is 0 Å². The summed E-state index contributed by atoms with van der Waals surface area (Å²) in [6.07, 6.45) is 0. The number of hydrogen-bond acceptors (Lipinski definition) is 4. The Hall–Kier alpha value is -3.40. The Balaban J connectivity index is 1.99. The van der Waals surface area contributed by atoms with Crippen LogP contribution in [0.4, 0.5) is 5.69 Å². The maximum absolute atomic E-state index is 11.6. The van der Waals surface area contributed by atoms with E-state index in [-0.39, 0.29) is 5.97 Å². The fourth-order valence-corrected chi connectivity index (χ4v) is 2.70. The lowest BCUT2D eigenvalue weighted by Gasteiger charge is -2.12. The summed E-state index contributed by atoms with van der Waals surface area (Å²) in [5.41, 5.74) is 4.39. The number of para-hydroxylation sites is 1. The highest BCUT2D eigenvalue weighted by Gasteiger charge is 2.11. The van der Waals surface area contributed by atoms with Crippen molar-refractivity contribution in [2.75, 3.05) is 7.11 Å². The fraction of sp³-hybridized carbons (Fsp3) is 0.130. The molecule has 136 valence electrons. The summed E-state index contributed by atoms with van der Waals surface area (Å²) in [5.74, 6) is 0.712. The number of benzene rings is 3. The summed E-state index contributed by atoms with van der Waals surface area (Å²) in [6.45, 7) is 4.05. The van der Waals surface area contributed by atoms with Gasteiger partial charge >= 0.3 is 5.97 Å². The van der Waals surface area contributed by atoms with Crippen molar-refractivity contribution in [3.63, 3.8) is 0 Å². The number of esters is 1. The standard InChI is InChI=1S/C23H21NO3/c1-16-8-7-9-17(2)21(16)24-22(18-10-5-4-6-11-18)27-20-14-12-19(13-15-20)23(25)26-3/h4-15H,1-3H3. The van der Waals surface area contributed by atoms with E-state index in [0.29, 0.717) is 17.2 Å². The minimum atomic E-state index is -0.381. The molecule has 0 saturated carbocycles. The molecule has 0 N–H and O–H groups in total. The Morgan fingerprint density at radius 1 is 0.778 bits per heavy atom. The van der Waals surface area contributed by atoms with Gasteiger partial charge in [0, 0.05) is 5.56 Å². The third-order valence-electron chi connectivity index (χ3n) is 4.16. The Morgan fingerprint density at radius 3 is 2.00 bits per heavy atom. The number of methoxy groups -OCH3 is 1. The van der Waals surface area contributed by atoms with Crippen LogP contribution in [-0.2, 0) is 4.74 Å². The van der Waals surface area contributed by atoms with Gasteiger partial charge in [0.1, 0.15) is 5.75 Å². The van der Waals surface area contributed by atoms with Crippen LogP contribution in [0.1, 0.15) is 27.0 Å². The predicted molar refractivity (Wildman–Crippen MR) is 107 cm³/mol. The Labute approximate surface area is 159 Å². The normalized spacial score (nSPS) is 11.1. The highest BCUT2D eigenvalue weighted by molar-refractivity contribution is 5.97. The van der Waals surface area contributed by atoms with Gasteiger partial charge in [-0.05, 0) is 61.4 Å². The Bertz CT molecular complexity index is 940. The smallest absolute Gasteiger partial charge is 0.337 e. The number of carbonyl (C=O) groups excluding carboxylic acids is 1. The minimum Gasteiger partial charge on any atom is -0.465 e. The molecule has 0 aliphatic rings. The molecule has 0 aromatic heterocycles. The molecule has 3 aromatic carbocycles. The zero-order chi connectivity index (χ0) is 19.2. The van der Waals surface area contributed by atoms with Crippen molar-refractivity contribution in [2.24, 2.45) is 4.99 Å². The van der Waals surface area contributed by atoms with Gasteiger partial charge < -0.3 is 9.47 Å². The molecular formula is C23H21NO3. The van der Waals surface area contributed by atoms with Gasteiger partial charge in [-0.15, -0.1) is 0 Å². The van der Waals surface area contributed by atoms with E-state index < -0.39 is 0 Å². The lowest BCUT2D eigenvalue weighted by atomic mass is 10.1. The molecule has 0 radical (unpaired) electrons. The molecule has 0 aliphatic heterocycles. The molecule has 3 aromatic rings. The molecule has 0 saturated heterocycles. The molecule has 0 unspecified atom stereocenters. The predicted octanol–water partition coefficient (Wildman–Crippen LogP) is 5.25. The largest absolute Gasteiger partial charge is 0.465 e. The first-order valence-electron chi connectivity index (χ1n) is 8.65. The van der Waals surface area contributed by atoms with E-state index in [9.17, 15) is 4.79 Å². The summed E-state index contributed by atoms with van der Waals surface area (Å²) in [5, 5.41) is 0. The van der Waals surface area contributed by atoms with Crippen molar-refractivity contribution < 1.29 is 14.3 Å². The van der Waals surface area contributed by atoms with Crippen molar-refractivity contribution in [3.05, 3.63) is 95.1 Å². The van der Waals surface area contributed by atoms with E-state index in [1.54, 1.807) is 24.3 Å². The van der Waals surface area contributed by atoms with Gasteiger partial charge in [-0.3, -0.25) is 0 Å². The number of hydrogen-bond donors (Lipinski definition) is 0. The van der Waals surface area contributed by atoms with Crippen LogP contribution < -0.4 is 4.74 Å². The first-order chi connectivity index (χ1) is 13.1. The number of aliphatic imine (C=N–C) groups is 1. The number of rotatable bonds is 4. The van der Waals surface area contributed by atoms with Gasteiger partial charge in [0.15, 0.2) is 0 Å². The van der Waals surface area contributed by atoms with Crippen LogP contribution in [0.25, 0.3) is 0 Å². The second-order valence-electron chi connectivity index (χ2n) is 6.14. The van der Waals surface area contributed by atoms with Crippen LogP contribution in [0, 0.1) is 13.8 Å². The van der Waals surface area contributed by atoms with Gasteiger partial charge in [0.05, 0.1) is 18.4 Å². The van der Waals surface area contributed by atoms with Crippen LogP contribution in [-0.4, -0.2) is 19.0 Å². The van der Waals surface area contributed by atoms with Crippen LogP contribution in [0.2, 0.25) is 0 Å². The average molecular weight is 359 g/mol. The SMILES string of the molecule is COC(=O)c1ccc(OC(=Nc2c(C)cccc2C)c2ccccc2)cc1. The zero-order valence-corrected chi connectivity index (χ0v) is 15.6. The highest BCUT2D eigenvalue weighted by Crippen LogP contribution is 2.25. The van der Waals surface area contributed by atoms with Crippen LogP contribution >= 0.6 is 0 Å². The fourth-order valence-electron chi connectivity index (χ4n) is 2.70. The van der Waals surface area contributed by atoms with Crippen molar-refractivity contribution in [1.82, 2.24) is 0 Å². The van der Waals surface area contributed by atoms with Crippen molar-refractivity contribution >= 4 is 17.6 Å². The quantitative estimate of drug-likeness (QED) is 0.363. The third-order valence-corrected chi connectivity index (χ3v) is 4.16. The maximum Gasteiger partial charge on any atom is 0.337 e. The summed E-state index contributed by atoms with van der Waals surface area (Å²) in [7, 11) is 1.36. The summed E-state index contributed by atoms with van der Waals surface area (Å²) in [6, 6.07) is 22.6. The highest BCUT2D eigenvalue weighted by atomic mass is 16.5. The van der Waals surface area contributed by atoms with Crippen LogP contribution in [0.3, 0.4) is 0 Å². The van der Waals surface area contributed by atoms with Gasteiger partial charge in [0.2, 0.25) is 5.90 Å². The number of carbonyl (C=O) groups is 1. The van der Waals surface area contributed by atoms with Gasteiger partial charge in [-0.2, -0.15) is 0 Å². The summed E-state index contributed by atoms with van der Waals surface area (Å²) < 4.78 is 10.8. The van der Waals surface area contributed by atoms with Crippen LogP contribution in [0.5, 0.6) is 5.75 Å². The van der Waals surface area contributed by atoms with E-state index in [0.717, 1.165) is 22.4 Å². The lowest BCUT2D eigenvalue weighted by Crippen LogP contribution is -2.10. The molecule has 0 amide bonds. The number of aryl methyl sites for hydroxylation is 2. The molecule has 0 bridgehead atoms. The summed E-state index contributed by atoms with van der Waals surface area (Å²) in [4.78, 5) is 16.4. The first kappa shape index (κ1) is 18.4. The second-order valence-corrected chi connectivity index (χ2v) is 6.14. The average Bonchev–Trinajstić information content (AvgIpc) is 2.70. The molecule has 27 heavy (non-hydrogen) atoms. The molecule has 0 heterocycles. The molecule has 0 fully saturated rings. The van der Waals surface area contributed by atoms with Gasteiger partial charge in [-0.25, -0.2) is 9.79 Å². The third kappa shape index (κ3) is 4.42. The van der Waals surface area contributed by atoms with Crippen molar-refractivity contribution in [1.29, 1.82) is 0 Å². The van der Waals surface area contributed by atoms with E-state index in [2.05, 4.69) is 0 Å². The summed E-state index contributed by atoms with van der Waals surface area (Å²) >= 11 is 0. The molecule has 0 aliphatic carbocycles. The van der Waals surface area contributed by atoms with Gasteiger partial charge in [-0.1, -0.05) is 36.4 Å². The lowest BCUT2D eigenvalue weighted by molar-refractivity contribution is 0.0600. The van der Waals surface area contributed by atoms with Crippen molar-refractivity contribution in [3.8, 4) is 5.75 Å². The molecule has 4 heteroatoms. The molecule has 4 nitrogen and oxygen atoms in total. The molecule has 0 atom stereocenters. The maximum atomic E-state index is 11.6. The topological polar surface area (TPSA) is 47.9 Å². The Kier molecular flexibility index (Phi) is 5.67. The first-order valence-corrected chi connectivity index (χ1v) is 8.65.